The van der Waals surface area contributed by atoms with Crippen LogP contribution in [0.2, 0.25) is 0 Å². The molecule has 1 aliphatic rings. The topological polar surface area (TPSA) is 0 Å². The van der Waals surface area contributed by atoms with E-state index in [-0.39, 0.29) is 7.43 Å². The van der Waals surface area contributed by atoms with Gasteiger partial charge in [-0.25, -0.2) is 8.78 Å². The Kier molecular flexibility index (Phi) is 2.27. The van der Waals surface area contributed by atoms with E-state index in [1.54, 1.807) is 6.08 Å². The predicted octanol–water partition coefficient (Wildman–Crippen LogP) is 3.17. The van der Waals surface area contributed by atoms with Crippen molar-refractivity contribution in [3.8, 4) is 0 Å². The van der Waals surface area contributed by atoms with Crippen LogP contribution >= 0.6 is 0 Å². The lowest BCUT2D eigenvalue weighted by molar-refractivity contribution is 0.507. The third kappa shape index (κ3) is 1.24. The molecule has 2 heteroatoms. The van der Waals surface area contributed by atoms with Crippen LogP contribution in [0.15, 0.2) is 18.2 Å². The summed E-state index contributed by atoms with van der Waals surface area (Å²) in [5.74, 6) is -1.53. The van der Waals surface area contributed by atoms with E-state index in [9.17, 15) is 8.78 Å². The van der Waals surface area contributed by atoms with Gasteiger partial charge in [0.15, 0.2) is 11.6 Å². The molecule has 0 radical (unpaired) electrons. The Morgan fingerprint density at radius 1 is 1.08 bits per heavy atom. The number of hydrogen-bond donors (Lipinski definition) is 0. The summed E-state index contributed by atoms with van der Waals surface area (Å²) in [5.41, 5.74) is 1.66. The summed E-state index contributed by atoms with van der Waals surface area (Å²) in [4.78, 5) is 0. The van der Waals surface area contributed by atoms with Gasteiger partial charge in [0.2, 0.25) is 0 Å². The quantitative estimate of drug-likeness (QED) is 0.558. The highest BCUT2D eigenvalue weighted by atomic mass is 19.2. The summed E-state index contributed by atoms with van der Waals surface area (Å²) in [6.45, 7) is 0. The Bertz CT molecular complexity index is 327. The number of hydrogen-bond acceptors (Lipinski definition) is 0. The van der Waals surface area contributed by atoms with E-state index >= 15 is 0 Å². The summed E-state index contributed by atoms with van der Waals surface area (Å²) >= 11 is 0. The van der Waals surface area contributed by atoms with Crippen molar-refractivity contribution < 1.29 is 8.78 Å². The molecule has 1 aromatic carbocycles. The van der Waals surface area contributed by atoms with Crippen molar-refractivity contribution >= 4 is 6.08 Å². The first-order chi connectivity index (χ1) is 5.27. The Balaban J connectivity index is 0.000000720. The van der Waals surface area contributed by atoms with Crippen molar-refractivity contribution in [3.05, 3.63) is 41.0 Å². The molecule has 0 nitrogen and oxygen atoms in total. The van der Waals surface area contributed by atoms with E-state index < -0.39 is 11.6 Å². The third-order valence-corrected chi connectivity index (χ3v) is 1.82. The molecule has 0 fully saturated rings. The fourth-order valence-electron chi connectivity index (χ4n) is 1.25. The van der Waals surface area contributed by atoms with Crippen LogP contribution < -0.4 is 0 Å². The fraction of sp³-hybridized carbons (Fsp3) is 0.200. The summed E-state index contributed by atoms with van der Waals surface area (Å²) in [6.07, 6.45) is 4.41. The van der Waals surface area contributed by atoms with Crippen molar-refractivity contribution in [2.24, 2.45) is 0 Å². The molecular weight excluding hydrogens is 158 g/mol. The van der Waals surface area contributed by atoms with Crippen LogP contribution in [0.5, 0.6) is 0 Å². The van der Waals surface area contributed by atoms with Gasteiger partial charge >= 0.3 is 0 Å². The second kappa shape index (κ2) is 3.05. The molecule has 0 unspecified atom stereocenters. The van der Waals surface area contributed by atoms with Crippen LogP contribution in [0.1, 0.15) is 18.6 Å². The standard InChI is InChI=1S/C9H6F2.CH4/c10-8-4-6-2-1-3-7(6)5-9(8)11;/h1-2,4-5H,3H2;1H4. The zero-order valence-corrected chi connectivity index (χ0v) is 5.77. The lowest BCUT2D eigenvalue weighted by Gasteiger charge is -1.98. The molecule has 0 saturated heterocycles. The van der Waals surface area contributed by atoms with Crippen molar-refractivity contribution in [2.75, 3.05) is 0 Å². The minimum atomic E-state index is -0.768. The van der Waals surface area contributed by atoms with Gasteiger partial charge in [-0.3, -0.25) is 0 Å². The molecule has 0 heterocycles. The SMILES string of the molecule is C.Fc1cc2c(cc1F)CC=C2. The van der Waals surface area contributed by atoms with Gasteiger partial charge in [-0.2, -0.15) is 0 Å². The molecule has 0 aliphatic heterocycles. The largest absolute Gasteiger partial charge is 0.204 e. The van der Waals surface area contributed by atoms with E-state index in [1.165, 1.54) is 12.1 Å². The summed E-state index contributed by atoms with van der Waals surface area (Å²) in [5, 5.41) is 0. The molecule has 64 valence electrons. The molecule has 0 atom stereocenters. The molecule has 2 rings (SSSR count). The average Bonchev–Trinajstić information content (AvgIpc) is 2.36. The lowest BCUT2D eigenvalue weighted by atomic mass is 10.1. The van der Waals surface area contributed by atoms with Crippen LogP contribution in [-0.2, 0) is 6.42 Å². The zero-order chi connectivity index (χ0) is 7.84. The number of halogens is 2. The molecule has 0 spiro atoms. The minimum absolute atomic E-state index is 0. The maximum Gasteiger partial charge on any atom is 0.159 e. The van der Waals surface area contributed by atoms with Gasteiger partial charge in [-0.15, -0.1) is 0 Å². The normalized spacial score (nSPS) is 12.5. The maximum atomic E-state index is 12.6. The Morgan fingerprint density at radius 2 is 1.75 bits per heavy atom. The maximum absolute atomic E-state index is 12.6. The molecule has 1 aliphatic carbocycles. The van der Waals surface area contributed by atoms with Crippen molar-refractivity contribution in [3.63, 3.8) is 0 Å². The van der Waals surface area contributed by atoms with Crippen LogP contribution in [0.4, 0.5) is 8.78 Å². The van der Waals surface area contributed by atoms with E-state index in [0.717, 1.165) is 11.1 Å². The van der Waals surface area contributed by atoms with E-state index in [2.05, 4.69) is 0 Å². The molecule has 0 aromatic heterocycles. The monoisotopic (exact) mass is 168 g/mol. The number of fused-ring (bicyclic) bond motifs is 1. The summed E-state index contributed by atoms with van der Waals surface area (Å²) < 4.78 is 25.1. The van der Waals surface area contributed by atoms with Crippen LogP contribution in [0.3, 0.4) is 0 Å². The second-order valence-corrected chi connectivity index (χ2v) is 2.57. The number of allylic oxidation sites excluding steroid dienone is 1. The van der Waals surface area contributed by atoms with E-state index in [0.29, 0.717) is 6.42 Å². The first-order valence-corrected chi connectivity index (χ1v) is 3.42. The van der Waals surface area contributed by atoms with Crippen LogP contribution in [-0.4, -0.2) is 0 Å². The van der Waals surface area contributed by atoms with Crippen molar-refractivity contribution in [1.29, 1.82) is 0 Å². The highest BCUT2D eigenvalue weighted by molar-refractivity contribution is 5.59. The van der Waals surface area contributed by atoms with Gasteiger partial charge in [-0.1, -0.05) is 19.6 Å². The summed E-state index contributed by atoms with van der Waals surface area (Å²) in [6, 6.07) is 2.48. The molecule has 12 heavy (non-hydrogen) atoms. The van der Waals surface area contributed by atoms with Crippen molar-refractivity contribution in [1.82, 2.24) is 0 Å². The van der Waals surface area contributed by atoms with E-state index in [1.807, 2.05) is 6.08 Å². The predicted molar refractivity (Wildman–Crippen MR) is 45.8 cm³/mol. The highest BCUT2D eigenvalue weighted by Crippen LogP contribution is 2.21. The molecule has 0 amide bonds. The summed E-state index contributed by atoms with van der Waals surface area (Å²) in [7, 11) is 0. The minimum Gasteiger partial charge on any atom is -0.204 e. The highest BCUT2D eigenvalue weighted by Gasteiger charge is 2.09. The van der Waals surface area contributed by atoms with E-state index in [4.69, 9.17) is 0 Å². The number of rotatable bonds is 0. The third-order valence-electron chi connectivity index (χ3n) is 1.82. The first kappa shape index (κ1) is 8.91. The van der Waals surface area contributed by atoms with Crippen LogP contribution in [0, 0.1) is 11.6 Å². The fourth-order valence-corrected chi connectivity index (χ4v) is 1.25. The van der Waals surface area contributed by atoms with Gasteiger partial charge in [0.25, 0.3) is 0 Å². The Morgan fingerprint density at radius 3 is 2.50 bits per heavy atom. The number of benzene rings is 1. The molecule has 0 bridgehead atoms. The van der Waals surface area contributed by atoms with Gasteiger partial charge < -0.3 is 0 Å². The average molecular weight is 168 g/mol. The van der Waals surface area contributed by atoms with Gasteiger partial charge in [-0.05, 0) is 29.7 Å². The van der Waals surface area contributed by atoms with Crippen LogP contribution in [0.25, 0.3) is 6.08 Å². The second-order valence-electron chi connectivity index (χ2n) is 2.57. The lowest BCUT2D eigenvalue weighted by Crippen LogP contribution is -1.88. The first-order valence-electron chi connectivity index (χ1n) is 3.42. The molecular formula is C10H10F2. The Labute approximate surface area is 70.5 Å². The molecule has 0 N–H and O–H groups in total. The zero-order valence-electron chi connectivity index (χ0n) is 5.77. The van der Waals surface area contributed by atoms with Gasteiger partial charge in [0, 0.05) is 0 Å². The molecule has 1 aromatic rings. The van der Waals surface area contributed by atoms with Gasteiger partial charge in [0.05, 0.1) is 0 Å². The Hall–Kier alpha value is -1.18. The molecule has 0 saturated carbocycles. The smallest absolute Gasteiger partial charge is 0.159 e. The van der Waals surface area contributed by atoms with Gasteiger partial charge in [0.1, 0.15) is 0 Å². The van der Waals surface area contributed by atoms with Crippen molar-refractivity contribution in [2.45, 2.75) is 13.8 Å².